The molecule has 244 valence electrons. The van der Waals surface area contributed by atoms with Gasteiger partial charge >= 0.3 is 7.60 Å². The second-order valence-electron chi connectivity index (χ2n) is 11.3. The summed E-state index contributed by atoms with van der Waals surface area (Å²) in [6, 6.07) is 37.6. The van der Waals surface area contributed by atoms with Gasteiger partial charge in [0.05, 0.1) is 51.8 Å². The summed E-state index contributed by atoms with van der Waals surface area (Å²) in [5.41, 5.74) is 4.24. The molecule has 0 unspecified atom stereocenters. The predicted molar refractivity (Wildman–Crippen MR) is 179 cm³/mol. The van der Waals surface area contributed by atoms with Crippen molar-refractivity contribution in [1.29, 1.82) is 0 Å². The van der Waals surface area contributed by atoms with Crippen LogP contribution in [0, 0.1) is 0 Å². The molecule has 1 aliphatic heterocycles. The zero-order valence-corrected chi connectivity index (χ0v) is 27.7. The van der Waals surface area contributed by atoms with Crippen LogP contribution in [0.4, 0.5) is 0 Å². The van der Waals surface area contributed by atoms with E-state index in [1.165, 1.54) is 14.2 Å². The first-order chi connectivity index (χ1) is 22.5. The van der Waals surface area contributed by atoms with E-state index in [0.29, 0.717) is 33.0 Å². The Kier molecular flexibility index (Phi) is 12.6. The molecule has 4 aromatic rings. The molecule has 46 heavy (non-hydrogen) atoms. The fourth-order valence-corrected chi connectivity index (χ4v) is 7.23. The van der Waals surface area contributed by atoms with Crippen LogP contribution in [0.25, 0.3) is 0 Å². The summed E-state index contributed by atoms with van der Waals surface area (Å²) in [7, 11) is 1.05. The second kappa shape index (κ2) is 17.0. The fourth-order valence-electron chi connectivity index (χ4n) is 5.91. The van der Waals surface area contributed by atoms with Gasteiger partial charge in [-0.15, -0.1) is 0 Å². The zero-order valence-electron chi connectivity index (χ0n) is 26.8. The van der Waals surface area contributed by atoms with E-state index in [-0.39, 0.29) is 18.2 Å². The molecule has 0 radical (unpaired) electrons. The molecule has 1 saturated heterocycles. The van der Waals surface area contributed by atoms with Gasteiger partial charge in [0.15, 0.2) is 0 Å². The van der Waals surface area contributed by atoms with Crippen LogP contribution in [-0.4, -0.2) is 63.3 Å². The normalized spacial score (nSPS) is 20.2. The molecule has 0 saturated carbocycles. The monoisotopic (exact) mass is 645 g/mol. The highest BCUT2D eigenvalue weighted by Crippen LogP contribution is 2.50. The number of benzene rings is 4. The molecular formula is C37H44NO7P. The maximum absolute atomic E-state index is 13.8. The molecule has 4 aromatic carbocycles. The molecule has 4 atom stereocenters. The highest BCUT2D eigenvalue weighted by molar-refractivity contribution is 7.53. The Balaban J connectivity index is 1.51. The van der Waals surface area contributed by atoms with E-state index < -0.39 is 19.8 Å². The lowest BCUT2D eigenvalue weighted by Crippen LogP contribution is -2.43. The molecule has 8 nitrogen and oxygen atoms in total. The number of ether oxygens (including phenoxy) is 4. The molecule has 0 aromatic heterocycles. The number of hydrogen-bond donors (Lipinski definition) is 0. The summed E-state index contributed by atoms with van der Waals surface area (Å²) in [6.45, 7) is 2.12. The third kappa shape index (κ3) is 9.14. The van der Waals surface area contributed by atoms with Crippen LogP contribution < -0.4 is 4.74 Å². The Hall–Kier alpha value is -3.33. The van der Waals surface area contributed by atoms with Crippen LogP contribution in [0.3, 0.4) is 0 Å². The van der Waals surface area contributed by atoms with Crippen LogP contribution in [0.2, 0.25) is 0 Å². The third-order valence-corrected chi connectivity index (χ3v) is 10.3. The lowest BCUT2D eigenvalue weighted by atomic mass is 10.1. The van der Waals surface area contributed by atoms with Crippen LogP contribution in [0.5, 0.6) is 5.75 Å². The Morgan fingerprint density at radius 1 is 0.587 bits per heavy atom. The number of rotatable bonds is 17. The lowest BCUT2D eigenvalue weighted by molar-refractivity contribution is -0.0856. The minimum absolute atomic E-state index is 0.121. The van der Waals surface area contributed by atoms with E-state index in [1.807, 2.05) is 103 Å². The molecule has 0 amide bonds. The molecule has 0 bridgehead atoms. The standard InChI is InChI=1S/C37H44NO7P/c1-40-33-21-19-29(20-22-33)23-38-34(27-43-24-30-13-7-4-8-14-30)36(44-25-31-15-9-5-10-16-31)37(35(38)28-46(39,41-2)42-3)45-26-32-17-11-6-12-18-32/h4-22,34-37H,23-28H2,1-3H3/t34-,35+,36-,37-/m1/s1. The van der Waals surface area contributed by atoms with Gasteiger partial charge in [-0.1, -0.05) is 103 Å². The summed E-state index contributed by atoms with van der Waals surface area (Å²) >= 11 is 0. The summed E-state index contributed by atoms with van der Waals surface area (Å²) < 4.78 is 50.1. The largest absolute Gasteiger partial charge is 0.497 e. The smallest absolute Gasteiger partial charge is 0.331 e. The van der Waals surface area contributed by atoms with Gasteiger partial charge in [-0.3, -0.25) is 9.46 Å². The van der Waals surface area contributed by atoms with Crippen LogP contribution in [0.1, 0.15) is 22.3 Å². The van der Waals surface area contributed by atoms with Crippen molar-refractivity contribution in [2.45, 2.75) is 50.7 Å². The van der Waals surface area contributed by atoms with Gasteiger partial charge in [0.2, 0.25) is 0 Å². The fraction of sp³-hybridized carbons (Fsp3) is 0.351. The van der Waals surface area contributed by atoms with Crippen molar-refractivity contribution in [2.24, 2.45) is 0 Å². The molecule has 5 rings (SSSR count). The van der Waals surface area contributed by atoms with Crippen molar-refractivity contribution < 1.29 is 32.6 Å². The Morgan fingerprint density at radius 2 is 1.07 bits per heavy atom. The summed E-state index contributed by atoms with van der Waals surface area (Å²) in [6.07, 6.45) is -0.757. The van der Waals surface area contributed by atoms with Gasteiger partial charge in [0.1, 0.15) is 18.0 Å². The third-order valence-electron chi connectivity index (χ3n) is 8.40. The van der Waals surface area contributed by atoms with Crippen molar-refractivity contribution >= 4 is 7.60 Å². The van der Waals surface area contributed by atoms with Crippen molar-refractivity contribution in [3.05, 3.63) is 138 Å². The van der Waals surface area contributed by atoms with Crippen LogP contribution in [-0.2, 0) is 54.2 Å². The van der Waals surface area contributed by atoms with E-state index in [9.17, 15) is 4.57 Å². The minimum Gasteiger partial charge on any atom is -0.497 e. The van der Waals surface area contributed by atoms with Gasteiger partial charge in [-0.05, 0) is 34.4 Å². The first-order valence-electron chi connectivity index (χ1n) is 15.5. The van der Waals surface area contributed by atoms with E-state index in [4.69, 9.17) is 28.0 Å². The Bertz CT molecular complexity index is 1480. The van der Waals surface area contributed by atoms with Crippen LogP contribution >= 0.6 is 7.60 Å². The first kappa shape index (κ1) is 34.0. The summed E-state index contributed by atoms with van der Waals surface area (Å²) in [4.78, 5) is 2.29. The average molecular weight is 646 g/mol. The highest BCUT2D eigenvalue weighted by Gasteiger charge is 2.52. The van der Waals surface area contributed by atoms with E-state index in [0.717, 1.165) is 28.0 Å². The van der Waals surface area contributed by atoms with Crippen LogP contribution in [0.15, 0.2) is 115 Å². The molecular weight excluding hydrogens is 601 g/mol. The maximum atomic E-state index is 13.8. The highest BCUT2D eigenvalue weighted by atomic mass is 31.2. The van der Waals surface area contributed by atoms with E-state index in [1.54, 1.807) is 7.11 Å². The van der Waals surface area contributed by atoms with Crippen molar-refractivity contribution in [2.75, 3.05) is 34.1 Å². The summed E-state index contributed by atoms with van der Waals surface area (Å²) in [5.74, 6) is 0.779. The quantitative estimate of drug-likeness (QED) is 0.112. The van der Waals surface area contributed by atoms with Gasteiger partial charge in [0.25, 0.3) is 0 Å². The number of nitrogens with zero attached hydrogens (tertiary/aromatic N) is 1. The van der Waals surface area contributed by atoms with E-state index in [2.05, 4.69) is 17.0 Å². The van der Waals surface area contributed by atoms with Crippen molar-refractivity contribution in [3.63, 3.8) is 0 Å². The molecule has 1 heterocycles. The second-order valence-corrected chi connectivity index (χ2v) is 13.7. The Morgan fingerprint density at radius 3 is 1.54 bits per heavy atom. The van der Waals surface area contributed by atoms with Gasteiger partial charge in [-0.25, -0.2) is 0 Å². The molecule has 9 heteroatoms. The maximum Gasteiger partial charge on any atom is 0.331 e. The van der Waals surface area contributed by atoms with Crippen molar-refractivity contribution in [1.82, 2.24) is 4.90 Å². The minimum atomic E-state index is -3.46. The number of likely N-dealkylation sites (tertiary alicyclic amines) is 1. The number of methoxy groups -OCH3 is 1. The lowest BCUT2D eigenvalue weighted by Gasteiger charge is -2.32. The molecule has 0 spiro atoms. The Labute approximate surface area is 272 Å². The predicted octanol–water partition coefficient (Wildman–Crippen LogP) is 7.12. The molecule has 1 aliphatic rings. The SMILES string of the molecule is COc1ccc(CN2[C@H](COCc3ccccc3)[C@@H](OCc3ccccc3)[C@H](OCc3ccccc3)[C@@H]2CP(=O)(OC)OC)cc1. The average Bonchev–Trinajstić information content (AvgIpc) is 3.37. The van der Waals surface area contributed by atoms with Gasteiger partial charge < -0.3 is 28.0 Å². The van der Waals surface area contributed by atoms with Gasteiger partial charge in [-0.2, -0.15) is 0 Å². The first-order valence-corrected chi connectivity index (χ1v) is 17.3. The van der Waals surface area contributed by atoms with Gasteiger partial charge in [0, 0.05) is 20.8 Å². The molecule has 0 N–H and O–H groups in total. The summed E-state index contributed by atoms with van der Waals surface area (Å²) in [5, 5.41) is 0. The zero-order chi connectivity index (χ0) is 32.2. The number of hydrogen-bond acceptors (Lipinski definition) is 8. The molecule has 0 aliphatic carbocycles. The topological polar surface area (TPSA) is 75.7 Å². The van der Waals surface area contributed by atoms with E-state index >= 15 is 0 Å². The van der Waals surface area contributed by atoms with Crippen molar-refractivity contribution in [3.8, 4) is 5.75 Å². The molecule has 1 fully saturated rings.